The van der Waals surface area contributed by atoms with Crippen LogP contribution in [0.2, 0.25) is 0 Å². The van der Waals surface area contributed by atoms with Gasteiger partial charge in [-0.15, -0.1) is 0 Å². The van der Waals surface area contributed by atoms with Crippen molar-refractivity contribution in [3.05, 3.63) is 0 Å². The van der Waals surface area contributed by atoms with Gasteiger partial charge in [0.2, 0.25) is 0 Å². The maximum atomic E-state index is 7.74. The third kappa shape index (κ3) is 33.1. The van der Waals surface area contributed by atoms with Gasteiger partial charge in [0, 0.05) is 34.1 Å². The van der Waals surface area contributed by atoms with Crippen molar-refractivity contribution < 1.29 is 99.4 Å². The Bertz CT molecular complexity index is 57.8. The van der Waals surface area contributed by atoms with E-state index in [9.17, 15) is 0 Å². The van der Waals surface area contributed by atoms with Crippen molar-refractivity contribution in [3.8, 4) is 0 Å². The van der Waals surface area contributed by atoms with Gasteiger partial charge in [0.15, 0.2) is 0 Å². The fourth-order valence-corrected chi connectivity index (χ4v) is 0.109. The molecule has 0 radical (unpaired) electrons. The molecular weight excluding hydrogens is 227 g/mol. The van der Waals surface area contributed by atoms with E-state index in [2.05, 4.69) is 4.57 Å². The maximum Gasteiger partial charge on any atom is 1.00 e. The molecule has 0 saturated carbocycles. The molecule has 0 spiro atoms. The summed E-state index contributed by atoms with van der Waals surface area (Å²) in [6.07, 6.45) is 0. The molecular formula is H6B2Fe2Li2O5. The predicted molar refractivity (Wildman–Crippen MR) is 23.7 cm³/mol. The first kappa shape index (κ1) is 29.2. The SMILES string of the molecule is OB(O)OB(O)O.[Fe].[Fe].[H-].[H-].[Li+].[Li+]. The summed E-state index contributed by atoms with van der Waals surface area (Å²) in [5, 5.41) is 30.9. The van der Waals surface area contributed by atoms with Gasteiger partial charge in [0.25, 0.3) is 0 Å². The molecule has 0 atom stereocenters. The van der Waals surface area contributed by atoms with Crippen LogP contribution in [0.25, 0.3) is 0 Å². The predicted octanol–water partition coefficient (Wildman–Crippen LogP) is -8.83. The summed E-state index contributed by atoms with van der Waals surface area (Å²) >= 11 is 0. The smallest absolute Gasteiger partial charge is 1.00 e. The summed E-state index contributed by atoms with van der Waals surface area (Å²) in [5.41, 5.74) is 0. The van der Waals surface area contributed by atoms with Crippen LogP contribution in [0.4, 0.5) is 0 Å². The van der Waals surface area contributed by atoms with Crippen LogP contribution in [0.3, 0.4) is 0 Å². The zero-order chi connectivity index (χ0) is 5.86. The molecule has 11 heteroatoms. The van der Waals surface area contributed by atoms with Gasteiger partial charge in [0.1, 0.15) is 0 Å². The number of hydrogen-bond acceptors (Lipinski definition) is 5. The van der Waals surface area contributed by atoms with Gasteiger partial charge in [-0.1, -0.05) is 0 Å². The summed E-state index contributed by atoms with van der Waals surface area (Å²) in [7, 11) is -4.25. The van der Waals surface area contributed by atoms with Crippen molar-refractivity contribution in [2.75, 3.05) is 0 Å². The molecule has 0 fully saturated rings. The minimum absolute atomic E-state index is 0. The Labute approximate surface area is 113 Å². The van der Waals surface area contributed by atoms with E-state index in [1.807, 2.05) is 0 Å². The molecule has 4 N–H and O–H groups in total. The Kier molecular flexibility index (Phi) is 48.0. The summed E-state index contributed by atoms with van der Waals surface area (Å²) in [4.78, 5) is 0. The Morgan fingerprint density at radius 2 is 1.00 bits per heavy atom. The van der Waals surface area contributed by atoms with Crippen LogP contribution in [0.15, 0.2) is 0 Å². The number of hydrogen-bond donors (Lipinski definition) is 4. The second-order valence-corrected chi connectivity index (χ2v) is 0.789. The molecule has 60 valence electrons. The molecule has 0 aromatic rings. The second kappa shape index (κ2) is 18.1. The minimum atomic E-state index is -2.13. The molecule has 0 heterocycles. The van der Waals surface area contributed by atoms with Gasteiger partial charge in [0.05, 0.1) is 0 Å². The van der Waals surface area contributed by atoms with Gasteiger partial charge in [-0.2, -0.15) is 0 Å². The van der Waals surface area contributed by atoms with Gasteiger partial charge >= 0.3 is 52.4 Å². The largest absolute Gasteiger partial charge is 1.00 e. The first-order chi connectivity index (χ1) is 3.13. The fraction of sp³-hybridized carbons (Fsp3) is 0. The zero-order valence-corrected chi connectivity index (χ0v) is 8.27. The molecule has 0 aliphatic rings. The molecule has 0 saturated heterocycles. The van der Waals surface area contributed by atoms with Crippen molar-refractivity contribution in [1.82, 2.24) is 0 Å². The molecule has 0 bridgehead atoms. The summed E-state index contributed by atoms with van der Waals surface area (Å²) < 4.78 is 3.47. The minimum Gasteiger partial charge on any atom is -1.00 e. The Morgan fingerprint density at radius 1 is 0.818 bits per heavy atom. The first-order valence-electron chi connectivity index (χ1n) is 1.50. The molecule has 5 nitrogen and oxygen atoms in total. The van der Waals surface area contributed by atoms with Crippen LogP contribution >= 0.6 is 0 Å². The van der Waals surface area contributed by atoms with Crippen molar-refractivity contribution in [3.63, 3.8) is 0 Å². The van der Waals surface area contributed by atoms with Crippen molar-refractivity contribution in [2.45, 2.75) is 0 Å². The van der Waals surface area contributed by atoms with Crippen molar-refractivity contribution >= 4 is 14.6 Å². The van der Waals surface area contributed by atoms with E-state index in [1.165, 1.54) is 0 Å². The van der Waals surface area contributed by atoms with Gasteiger partial charge in [-0.05, 0) is 0 Å². The zero-order valence-electron chi connectivity index (χ0n) is 8.06. The number of rotatable bonds is 2. The average Bonchev–Trinajstić information content (AvgIpc) is 1.27. The summed E-state index contributed by atoms with van der Waals surface area (Å²) in [6.45, 7) is 0. The van der Waals surface area contributed by atoms with Gasteiger partial charge in [-0.3, -0.25) is 0 Å². The molecule has 11 heavy (non-hydrogen) atoms. The molecule has 0 amide bonds. The Morgan fingerprint density at radius 3 is 1.00 bits per heavy atom. The quantitative estimate of drug-likeness (QED) is 0.356. The third-order valence-electron chi connectivity index (χ3n) is 0.243. The molecule has 0 unspecified atom stereocenters. The average molecular weight is 233 g/mol. The van der Waals surface area contributed by atoms with Crippen molar-refractivity contribution in [2.24, 2.45) is 0 Å². The van der Waals surface area contributed by atoms with Crippen LogP contribution in [0, 0.1) is 0 Å². The standard InChI is InChI=1S/B2H4O5.2Fe.2Li.2H/c3-1(4)7-2(5)6;;;;;;/h3-6H;;;;;;/q;;;2*+1;2*-1. The van der Waals surface area contributed by atoms with Gasteiger partial charge in [-0.25, -0.2) is 0 Å². The van der Waals surface area contributed by atoms with Crippen LogP contribution in [-0.4, -0.2) is 34.7 Å². The molecule has 0 aromatic carbocycles. The van der Waals surface area contributed by atoms with Gasteiger partial charge < -0.3 is 27.5 Å². The van der Waals surface area contributed by atoms with Crippen LogP contribution in [-0.2, 0) is 38.7 Å². The Balaban J connectivity index is -0.0000000120. The second-order valence-electron chi connectivity index (χ2n) is 0.789. The normalized spacial score (nSPS) is 5.45. The van der Waals surface area contributed by atoms with E-state index in [-0.39, 0.29) is 74.7 Å². The molecule has 0 aromatic heterocycles. The van der Waals surface area contributed by atoms with Crippen LogP contribution in [0.5, 0.6) is 0 Å². The summed E-state index contributed by atoms with van der Waals surface area (Å²) in [6, 6.07) is 0. The third-order valence-corrected chi connectivity index (χ3v) is 0.243. The summed E-state index contributed by atoms with van der Waals surface area (Å²) in [5.74, 6) is 0. The maximum absolute atomic E-state index is 7.74. The van der Waals surface area contributed by atoms with E-state index in [0.29, 0.717) is 0 Å². The first-order valence-corrected chi connectivity index (χ1v) is 1.50. The van der Waals surface area contributed by atoms with Crippen LogP contribution < -0.4 is 37.7 Å². The Hall–Kier alpha value is 2.16. The molecule has 0 aliphatic carbocycles. The molecule has 0 aliphatic heterocycles. The van der Waals surface area contributed by atoms with E-state index < -0.39 is 14.6 Å². The van der Waals surface area contributed by atoms with E-state index in [0.717, 1.165) is 0 Å². The fourth-order valence-electron chi connectivity index (χ4n) is 0.109. The topological polar surface area (TPSA) is 90.2 Å². The van der Waals surface area contributed by atoms with Crippen LogP contribution in [0.1, 0.15) is 2.85 Å². The van der Waals surface area contributed by atoms with E-state index in [4.69, 9.17) is 20.1 Å². The van der Waals surface area contributed by atoms with E-state index in [1.54, 1.807) is 0 Å². The van der Waals surface area contributed by atoms with Crippen molar-refractivity contribution in [1.29, 1.82) is 0 Å². The van der Waals surface area contributed by atoms with E-state index >= 15 is 0 Å². The molecule has 0 rings (SSSR count). The monoisotopic (exact) mass is 234 g/mol.